The van der Waals surface area contributed by atoms with Gasteiger partial charge in [-0.25, -0.2) is 0 Å². The highest BCUT2D eigenvalue weighted by Gasteiger charge is 2.11. The van der Waals surface area contributed by atoms with Crippen LogP contribution in [0.25, 0.3) is 0 Å². The minimum Gasteiger partial charge on any atom is -0.398 e. The molecule has 0 saturated heterocycles. The molecule has 6 nitrogen and oxygen atoms in total. The number of nitrogens with one attached hydrogen (secondary N) is 1. The maximum absolute atomic E-state index is 12.2. The minimum absolute atomic E-state index is 0.238. The number of carbonyl (C=O) groups excluding carboxylic acids is 1. The number of carbonyl (C=O) groups is 1. The van der Waals surface area contributed by atoms with Crippen LogP contribution in [-0.4, -0.2) is 29.4 Å². The number of anilines is 2. The van der Waals surface area contributed by atoms with Crippen LogP contribution >= 0.6 is 0 Å². The first-order valence-corrected chi connectivity index (χ1v) is 6.29. The molecule has 2 aromatic rings. The fourth-order valence-corrected chi connectivity index (χ4v) is 1.81. The van der Waals surface area contributed by atoms with Gasteiger partial charge in [-0.05, 0) is 18.6 Å². The summed E-state index contributed by atoms with van der Waals surface area (Å²) >= 11 is 0. The van der Waals surface area contributed by atoms with Gasteiger partial charge in [0.25, 0.3) is 5.91 Å². The number of amides is 1. The third kappa shape index (κ3) is 3.16. The second-order valence-electron chi connectivity index (χ2n) is 4.48. The molecular formula is C14H18N4O2. The monoisotopic (exact) mass is 274 g/mol. The van der Waals surface area contributed by atoms with E-state index in [0.717, 1.165) is 5.56 Å². The maximum Gasteiger partial charge on any atom is 0.257 e. The van der Waals surface area contributed by atoms with Crippen molar-refractivity contribution in [3.8, 4) is 0 Å². The van der Waals surface area contributed by atoms with Crippen LogP contribution in [-0.2, 0) is 11.3 Å². The number of hydrogen-bond donors (Lipinski definition) is 2. The first-order valence-electron chi connectivity index (χ1n) is 6.29. The molecule has 2 rings (SSSR count). The van der Waals surface area contributed by atoms with Crippen molar-refractivity contribution >= 4 is 17.3 Å². The number of methoxy groups -OCH3 is 1. The Labute approximate surface area is 117 Å². The predicted molar refractivity (Wildman–Crippen MR) is 77.6 cm³/mol. The molecule has 0 unspecified atom stereocenters. The van der Waals surface area contributed by atoms with Crippen molar-refractivity contribution in [3.05, 3.63) is 41.7 Å². The fourth-order valence-electron chi connectivity index (χ4n) is 1.81. The molecule has 3 N–H and O–H groups in total. The molecule has 106 valence electrons. The zero-order valence-corrected chi connectivity index (χ0v) is 11.6. The third-order valence-corrected chi connectivity index (χ3v) is 2.98. The topological polar surface area (TPSA) is 82.2 Å². The lowest BCUT2D eigenvalue weighted by molar-refractivity contribution is 0.102. The van der Waals surface area contributed by atoms with E-state index in [2.05, 4.69) is 10.4 Å². The van der Waals surface area contributed by atoms with E-state index in [-0.39, 0.29) is 5.91 Å². The number of rotatable bonds is 5. The highest BCUT2D eigenvalue weighted by Crippen LogP contribution is 2.18. The third-order valence-electron chi connectivity index (χ3n) is 2.98. The van der Waals surface area contributed by atoms with E-state index in [1.165, 1.54) is 0 Å². The summed E-state index contributed by atoms with van der Waals surface area (Å²) in [5, 5.41) is 6.91. The molecule has 0 aliphatic carbocycles. The summed E-state index contributed by atoms with van der Waals surface area (Å²) in [4.78, 5) is 12.2. The van der Waals surface area contributed by atoms with Gasteiger partial charge in [-0.1, -0.05) is 12.1 Å². The van der Waals surface area contributed by atoms with E-state index in [9.17, 15) is 4.79 Å². The summed E-state index contributed by atoms with van der Waals surface area (Å²) < 4.78 is 6.68. The lowest BCUT2D eigenvalue weighted by Crippen LogP contribution is -2.14. The molecule has 6 heteroatoms. The number of benzene rings is 1. The molecule has 0 fully saturated rings. The lowest BCUT2D eigenvalue weighted by atomic mass is 10.1. The van der Waals surface area contributed by atoms with E-state index in [1.54, 1.807) is 30.3 Å². The van der Waals surface area contributed by atoms with E-state index >= 15 is 0 Å². The molecule has 1 amide bonds. The quantitative estimate of drug-likeness (QED) is 0.813. The van der Waals surface area contributed by atoms with Gasteiger partial charge in [0.1, 0.15) is 0 Å². The van der Waals surface area contributed by atoms with Crippen LogP contribution in [0.3, 0.4) is 0 Å². The van der Waals surface area contributed by atoms with Crippen LogP contribution in [0.5, 0.6) is 0 Å². The summed E-state index contributed by atoms with van der Waals surface area (Å²) in [5.74, 6) is -0.238. The minimum atomic E-state index is -0.238. The zero-order chi connectivity index (χ0) is 14.5. The first kappa shape index (κ1) is 14.1. The number of nitrogen functional groups attached to an aromatic ring is 1. The zero-order valence-electron chi connectivity index (χ0n) is 11.6. The average Bonchev–Trinajstić information content (AvgIpc) is 2.87. The number of aryl methyl sites for hydroxylation is 1. The molecule has 0 saturated carbocycles. The van der Waals surface area contributed by atoms with Gasteiger partial charge in [0.05, 0.1) is 30.6 Å². The van der Waals surface area contributed by atoms with E-state index in [0.29, 0.717) is 30.1 Å². The molecular weight excluding hydrogens is 256 g/mol. The number of nitrogens with zero attached hydrogens (tertiary/aromatic N) is 2. The summed E-state index contributed by atoms with van der Waals surface area (Å²) in [6.45, 7) is 3.08. The van der Waals surface area contributed by atoms with Gasteiger partial charge in [0, 0.05) is 19.0 Å². The molecule has 0 atom stereocenters. The number of para-hydroxylation sites is 1. The highest BCUT2D eigenvalue weighted by atomic mass is 16.5. The molecule has 1 aromatic heterocycles. The number of hydrogen-bond acceptors (Lipinski definition) is 4. The number of ether oxygens (including phenoxy) is 1. The van der Waals surface area contributed by atoms with Crippen LogP contribution in [0.15, 0.2) is 30.6 Å². The van der Waals surface area contributed by atoms with Crippen molar-refractivity contribution in [2.24, 2.45) is 0 Å². The second kappa shape index (κ2) is 6.21. The Morgan fingerprint density at radius 1 is 1.50 bits per heavy atom. The standard InChI is InChI=1S/C14H18N4O2/c1-10-4-3-5-12(13(10)15)14(19)17-11-8-16-18(9-11)6-7-20-2/h3-5,8-9H,6-7,15H2,1-2H3,(H,17,19). The number of aromatic nitrogens is 2. The maximum atomic E-state index is 12.2. The molecule has 0 radical (unpaired) electrons. The summed E-state index contributed by atoms with van der Waals surface area (Å²) in [7, 11) is 1.63. The summed E-state index contributed by atoms with van der Waals surface area (Å²) in [5.41, 5.74) is 8.39. The molecule has 20 heavy (non-hydrogen) atoms. The van der Waals surface area contributed by atoms with Gasteiger partial charge >= 0.3 is 0 Å². The van der Waals surface area contributed by atoms with Crippen molar-refractivity contribution in [2.45, 2.75) is 13.5 Å². The van der Waals surface area contributed by atoms with E-state index in [4.69, 9.17) is 10.5 Å². The lowest BCUT2D eigenvalue weighted by Gasteiger charge is -2.07. The van der Waals surface area contributed by atoms with Gasteiger partial charge in [-0.15, -0.1) is 0 Å². The van der Waals surface area contributed by atoms with Crippen molar-refractivity contribution in [3.63, 3.8) is 0 Å². The average molecular weight is 274 g/mol. The van der Waals surface area contributed by atoms with Gasteiger partial charge in [0.2, 0.25) is 0 Å². The second-order valence-corrected chi connectivity index (χ2v) is 4.48. The van der Waals surface area contributed by atoms with Gasteiger partial charge < -0.3 is 15.8 Å². The molecule has 0 aliphatic heterocycles. The van der Waals surface area contributed by atoms with Crippen molar-refractivity contribution in [1.82, 2.24) is 9.78 Å². The summed E-state index contributed by atoms with van der Waals surface area (Å²) in [6.07, 6.45) is 3.35. The molecule has 1 aromatic carbocycles. The Bertz CT molecular complexity index is 607. The van der Waals surface area contributed by atoms with E-state index < -0.39 is 0 Å². The Morgan fingerprint density at radius 2 is 2.30 bits per heavy atom. The van der Waals surface area contributed by atoms with Gasteiger partial charge in [0.15, 0.2) is 0 Å². The van der Waals surface area contributed by atoms with Crippen molar-refractivity contribution < 1.29 is 9.53 Å². The smallest absolute Gasteiger partial charge is 0.257 e. The SMILES string of the molecule is COCCn1cc(NC(=O)c2cccc(C)c2N)cn1. The van der Waals surface area contributed by atoms with Crippen LogP contribution in [0.4, 0.5) is 11.4 Å². The van der Waals surface area contributed by atoms with Gasteiger partial charge in [-0.3, -0.25) is 9.48 Å². The van der Waals surface area contributed by atoms with Gasteiger partial charge in [-0.2, -0.15) is 5.10 Å². The van der Waals surface area contributed by atoms with Crippen LogP contribution < -0.4 is 11.1 Å². The first-order chi connectivity index (χ1) is 9.61. The summed E-state index contributed by atoms with van der Waals surface area (Å²) in [6, 6.07) is 5.38. The highest BCUT2D eigenvalue weighted by molar-refractivity contribution is 6.07. The molecule has 0 aliphatic rings. The Balaban J connectivity index is 2.07. The number of nitrogens with two attached hydrogens (primary N) is 1. The largest absolute Gasteiger partial charge is 0.398 e. The Morgan fingerprint density at radius 3 is 3.05 bits per heavy atom. The molecule has 0 bridgehead atoms. The van der Waals surface area contributed by atoms with E-state index in [1.807, 2.05) is 19.1 Å². The van der Waals surface area contributed by atoms with Crippen molar-refractivity contribution in [2.75, 3.05) is 24.8 Å². The molecule has 0 spiro atoms. The van der Waals surface area contributed by atoms with Crippen molar-refractivity contribution in [1.29, 1.82) is 0 Å². The van der Waals surface area contributed by atoms with Crippen LogP contribution in [0.1, 0.15) is 15.9 Å². The van der Waals surface area contributed by atoms with Crippen LogP contribution in [0, 0.1) is 6.92 Å². The Kier molecular flexibility index (Phi) is 4.37. The predicted octanol–water partition coefficient (Wildman–Crippen LogP) is 1.67. The fraction of sp³-hybridized carbons (Fsp3) is 0.286. The van der Waals surface area contributed by atoms with Crippen LogP contribution in [0.2, 0.25) is 0 Å². The normalized spacial score (nSPS) is 10.5. The Hall–Kier alpha value is -2.34. The molecule has 1 heterocycles.